The predicted octanol–water partition coefficient (Wildman–Crippen LogP) is 4.74. The van der Waals surface area contributed by atoms with Crippen molar-refractivity contribution >= 4 is 5.91 Å². The lowest BCUT2D eigenvalue weighted by molar-refractivity contribution is -0.129. The second-order valence-electron chi connectivity index (χ2n) is 3.43. The minimum atomic E-state index is 0. The Balaban J connectivity index is -0.000000534. The molecule has 0 heterocycles. The Kier molecular flexibility index (Phi) is 16.8. The molecule has 1 amide bonds. The highest BCUT2D eigenvalue weighted by atomic mass is 16.2. The van der Waals surface area contributed by atoms with E-state index >= 15 is 0 Å². The molecule has 0 unspecified atom stereocenters. The lowest BCUT2D eigenvalue weighted by atomic mass is 10.2. The molecule has 0 bridgehead atoms. The molecule has 2 heteroatoms. The molecule has 0 N–H and O–H groups in total. The Hall–Kier alpha value is -1.31. The van der Waals surface area contributed by atoms with Gasteiger partial charge in [0.05, 0.1) is 0 Å². The molecule has 0 saturated carbocycles. The quantitative estimate of drug-likeness (QED) is 0.758. The molecular weight excluding hydrogens is 222 g/mol. The first-order valence-corrected chi connectivity index (χ1v) is 6.03. The van der Waals surface area contributed by atoms with Gasteiger partial charge in [0, 0.05) is 20.0 Å². The van der Waals surface area contributed by atoms with Crippen LogP contribution in [0, 0.1) is 0 Å². The normalized spacial score (nSPS) is 8.00. The van der Waals surface area contributed by atoms with Crippen LogP contribution in [0.4, 0.5) is 0 Å². The average Bonchev–Trinajstić information content (AvgIpc) is 2.32. The molecular formula is C16H31NO. The van der Waals surface area contributed by atoms with Crippen molar-refractivity contribution in [1.29, 1.82) is 0 Å². The Morgan fingerprint density at radius 3 is 2.00 bits per heavy atom. The first-order valence-electron chi connectivity index (χ1n) is 6.03. The molecule has 106 valence electrons. The molecule has 1 aromatic rings. The van der Waals surface area contributed by atoms with Crippen molar-refractivity contribution in [3.05, 3.63) is 35.9 Å². The SMILES string of the molecule is C.C.CC.CCCN(Cc1ccccc1)C(C)=O. The van der Waals surface area contributed by atoms with E-state index in [1.54, 1.807) is 6.92 Å². The fourth-order valence-corrected chi connectivity index (χ4v) is 1.42. The minimum absolute atomic E-state index is 0. The predicted molar refractivity (Wildman–Crippen MR) is 82.6 cm³/mol. The number of rotatable bonds is 4. The van der Waals surface area contributed by atoms with Crippen LogP contribution in [0.2, 0.25) is 0 Å². The summed E-state index contributed by atoms with van der Waals surface area (Å²) in [6.45, 7) is 9.27. The Labute approximate surface area is 114 Å². The van der Waals surface area contributed by atoms with E-state index in [-0.39, 0.29) is 20.8 Å². The van der Waals surface area contributed by atoms with Crippen LogP contribution < -0.4 is 0 Å². The molecule has 0 saturated heterocycles. The zero-order chi connectivity index (χ0) is 12.4. The van der Waals surface area contributed by atoms with Gasteiger partial charge in [0.25, 0.3) is 0 Å². The van der Waals surface area contributed by atoms with Crippen LogP contribution in [0.15, 0.2) is 30.3 Å². The van der Waals surface area contributed by atoms with E-state index in [1.807, 2.05) is 49.1 Å². The van der Waals surface area contributed by atoms with Gasteiger partial charge < -0.3 is 4.90 Å². The number of nitrogens with zero attached hydrogens (tertiary/aromatic N) is 1. The van der Waals surface area contributed by atoms with Gasteiger partial charge in [0.2, 0.25) is 5.91 Å². The highest BCUT2D eigenvalue weighted by Gasteiger charge is 2.06. The zero-order valence-electron chi connectivity index (χ0n) is 10.9. The van der Waals surface area contributed by atoms with Crippen LogP contribution in [0.3, 0.4) is 0 Å². The van der Waals surface area contributed by atoms with Crippen LogP contribution >= 0.6 is 0 Å². The summed E-state index contributed by atoms with van der Waals surface area (Å²) in [5, 5.41) is 0. The number of benzene rings is 1. The Bertz CT molecular complexity index is 282. The van der Waals surface area contributed by atoms with Gasteiger partial charge in [0.15, 0.2) is 0 Å². The maximum atomic E-state index is 11.3. The second kappa shape index (κ2) is 13.8. The highest BCUT2D eigenvalue weighted by molar-refractivity contribution is 5.73. The van der Waals surface area contributed by atoms with Gasteiger partial charge >= 0.3 is 0 Å². The third kappa shape index (κ3) is 8.80. The number of carbonyl (C=O) groups excluding carboxylic acids is 1. The van der Waals surface area contributed by atoms with Gasteiger partial charge in [-0.2, -0.15) is 0 Å². The molecule has 0 radical (unpaired) electrons. The highest BCUT2D eigenvalue weighted by Crippen LogP contribution is 2.04. The van der Waals surface area contributed by atoms with E-state index in [1.165, 1.54) is 5.56 Å². The van der Waals surface area contributed by atoms with Crippen LogP contribution in [0.5, 0.6) is 0 Å². The molecule has 18 heavy (non-hydrogen) atoms. The monoisotopic (exact) mass is 253 g/mol. The molecule has 1 rings (SSSR count). The van der Waals surface area contributed by atoms with E-state index in [2.05, 4.69) is 6.92 Å². The fourth-order valence-electron chi connectivity index (χ4n) is 1.42. The third-order valence-electron chi connectivity index (χ3n) is 2.16. The lowest BCUT2D eigenvalue weighted by Crippen LogP contribution is -2.28. The average molecular weight is 253 g/mol. The van der Waals surface area contributed by atoms with Crippen LogP contribution in [-0.4, -0.2) is 17.4 Å². The van der Waals surface area contributed by atoms with E-state index < -0.39 is 0 Å². The van der Waals surface area contributed by atoms with Crippen molar-refractivity contribution < 1.29 is 4.79 Å². The summed E-state index contributed by atoms with van der Waals surface area (Å²) in [5.41, 5.74) is 1.19. The zero-order valence-corrected chi connectivity index (χ0v) is 10.9. The molecule has 2 nitrogen and oxygen atoms in total. The maximum absolute atomic E-state index is 11.3. The summed E-state index contributed by atoms with van der Waals surface area (Å²) >= 11 is 0. The van der Waals surface area contributed by atoms with E-state index in [9.17, 15) is 4.79 Å². The number of hydrogen-bond donors (Lipinski definition) is 0. The lowest BCUT2D eigenvalue weighted by Gasteiger charge is -2.20. The number of amides is 1. The van der Waals surface area contributed by atoms with Gasteiger partial charge in [0.1, 0.15) is 0 Å². The summed E-state index contributed by atoms with van der Waals surface area (Å²) in [4.78, 5) is 13.1. The smallest absolute Gasteiger partial charge is 0.219 e. The first-order chi connectivity index (χ1) is 7.74. The van der Waals surface area contributed by atoms with Gasteiger partial charge in [-0.25, -0.2) is 0 Å². The van der Waals surface area contributed by atoms with Crippen molar-refractivity contribution in [3.8, 4) is 0 Å². The summed E-state index contributed by atoms with van der Waals surface area (Å²) in [7, 11) is 0. The van der Waals surface area contributed by atoms with Gasteiger partial charge in [-0.05, 0) is 12.0 Å². The van der Waals surface area contributed by atoms with Crippen LogP contribution in [-0.2, 0) is 11.3 Å². The number of hydrogen-bond acceptors (Lipinski definition) is 1. The Morgan fingerprint density at radius 1 is 1.11 bits per heavy atom. The molecule has 1 aromatic carbocycles. The molecule has 0 aromatic heterocycles. The van der Waals surface area contributed by atoms with Crippen molar-refractivity contribution in [2.75, 3.05) is 6.54 Å². The summed E-state index contributed by atoms with van der Waals surface area (Å²) in [5.74, 6) is 0.149. The molecule has 0 spiro atoms. The fraction of sp³-hybridized carbons (Fsp3) is 0.562. The largest absolute Gasteiger partial charge is 0.339 e. The van der Waals surface area contributed by atoms with Crippen molar-refractivity contribution in [2.24, 2.45) is 0 Å². The minimum Gasteiger partial charge on any atom is -0.339 e. The first kappa shape index (κ1) is 21.9. The molecule has 0 atom stereocenters. The van der Waals surface area contributed by atoms with Crippen molar-refractivity contribution in [1.82, 2.24) is 4.90 Å². The van der Waals surface area contributed by atoms with Gasteiger partial charge in [-0.1, -0.05) is 66.0 Å². The molecule has 0 aliphatic heterocycles. The van der Waals surface area contributed by atoms with Crippen LogP contribution in [0.25, 0.3) is 0 Å². The standard InChI is InChI=1S/C12H17NO.C2H6.2CH4/c1-3-9-13(11(2)14)10-12-7-5-4-6-8-12;1-2;;/h4-8H,3,9-10H2,1-2H3;1-2H3;2*1H4. The van der Waals surface area contributed by atoms with E-state index in [4.69, 9.17) is 0 Å². The van der Waals surface area contributed by atoms with Gasteiger partial charge in [-0.15, -0.1) is 0 Å². The van der Waals surface area contributed by atoms with Crippen molar-refractivity contribution in [2.45, 2.75) is 55.5 Å². The van der Waals surface area contributed by atoms with Gasteiger partial charge in [-0.3, -0.25) is 4.79 Å². The molecule has 0 aliphatic carbocycles. The molecule has 0 aliphatic rings. The summed E-state index contributed by atoms with van der Waals surface area (Å²) in [6, 6.07) is 10.1. The van der Waals surface area contributed by atoms with E-state index in [0.717, 1.165) is 19.5 Å². The number of carbonyl (C=O) groups is 1. The summed E-state index contributed by atoms with van der Waals surface area (Å²) in [6.07, 6.45) is 1.01. The summed E-state index contributed by atoms with van der Waals surface area (Å²) < 4.78 is 0. The molecule has 0 fully saturated rings. The topological polar surface area (TPSA) is 20.3 Å². The Morgan fingerprint density at radius 2 is 1.61 bits per heavy atom. The van der Waals surface area contributed by atoms with E-state index in [0.29, 0.717) is 0 Å². The maximum Gasteiger partial charge on any atom is 0.219 e. The second-order valence-corrected chi connectivity index (χ2v) is 3.43. The third-order valence-corrected chi connectivity index (χ3v) is 2.16. The van der Waals surface area contributed by atoms with Crippen LogP contribution in [0.1, 0.15) is 54.5 Å². The van der Waals surface area contributed by atoms with Crippen molar-refractivity contribution in [3.63, 3.8) is 0 Å².